The van der Waals surface area contributed by atoms with E-state index in [0.717, 1.165) is 29.8 Å². The third-order valence-corrected chi connectivity index (χ3v) is 4.25. The Morgan fingerprint density at radius 2 is 2.09 bits per heavy atom. The molecule has 0 spiro atoms. The highest BCUT2D eigenvalue weighted by molar-refractivity contribution is 5.92. The van der Waals surface area contributed by atoms with Crippen LogP contribution < -0.4 is 4.74 Å². The summed E-state index contributed by atoms with van der Waals surface area (Å²) >= 11 is 0. The number of nitrogens with zero attached hydrogens (tertiary/aromatic N) is 5. The Morgan fingerprint density at radius 3 is 2.74 bits per heavy atom. The van der Waals surface area contributed by atoms with E-state index in [-0.39, 0.29) is 11.9 Å². The molecule has 0 bridgehead atoms. The van der Waals surface area contributed by atoms with Crippen molar-refractivity contribution < 1.29 is 9.53 Å². The molecule has 0 unspecified atom stereocenters. The second-order valence-electron chi connectivity index (χ2n) is 5.83. The van der Waals surface area contributed by atoms with Gasteiger partial charge in [0.2, 0.25) is 5.88 Å². The predicted molar refractivity (Wildman–Crippen MR) is 84.3 cm³/mol. The van der Waals surface area contributed by atoms with Crippen LogP contribution >= 0.6 is 0 Å². The minimum Gasteiger partial charge on any atom is -0.481 e. The SMILES string of the molecule is COc1c([C@@H]2CCCN2C(=O)c2cnc(C)cn2)c(C)nn1C. The summed E-state index contributed by atoms with van der Waals surface area (Å²) in [5.74, 6) is 0.618. The van der Waals surface area contributed by atoms with E-state index in [1.54, 1.807) is 24.2 Å². The van der Waals surface area contributed by atoms with Crippen LogP contribution in [0.3, 0.4) is 0 Å². The lowest BCUT2D eigenvalue weighted by Gasteiger charge is -2.24. The van der Waals surface area contributed by atoms with Gasteiger partial charge in [0.1, 0.15) is 5.69 Å². The van der Waals surface area contributed by atoms with E-state index in [1.807, 2.05) is 25.8 Å². The molecule has 1 aliphatic heterocycles. The average Bonchev–Trinajstić information content (AvgIpc) is 3.10. The Balaban J connectivity index is 1.94. The van der Waals surface area contributed by atoms with Crippen molar-refractivity contribution in [1.82, 2.24) is 24.6 Å². The van der Waals surface area contributed by atoms with Crippen LogP contribution in [0.25, 0.3) is 0 Å². The van der Waals surface area contributed by atoms with E-state index in [4.69, 9.17) is 4.74 Å². The topological polar surface area (TPSA) is 73.1 Å². The van der Waals surface area contributed by atoms with Gasteiger partial charge in [-0.15, -0.1) is 0 Å². The number of ether oxygens (including phenoxy) is 1. The van der Waals surface area contributed by atoms with Gasteiger partial charge in [0.25, 0.3) is 5.91 Å². The molecule has 0 saturated carbocycles. The minimum absolute atomic E-state index is 0.0331. The van der Waals surface area contributed by atoms with Crippen molar-refractivity contribution in [2.24, 2.45) is 7.05 Å². The molecular formula is C16H21N5O2. The first-order valence-electron chi connectivity index (χ1n) is 7.70. The van der Waals surface area contributed by atoms with Gasteiger partial charge in [-0.25, -0.2) is 9.67 Å². The fourth-order valence-electron chi connectivity index (χ4n) is 3.24. The van der Waals surface area contributed by atoms with Gasteiger partial charge in [0.05, 0.1) is 36.3 Å². The molecule has 3 heterocycles. The molecule has 1 amide bonds. The maximum atomic E-state index is 12.8. The first kappa shape index (κ1) is 15.5. The van der Waals surface area contributed by atoms with E-state index in [2.05, 4.69) is 15.1 Å². The van der Waals surface area contributed by atoms with Crippen molar-refractivity contribution in [2.45, 2.75) is 32.7 Å². The van der Waals surface area contributed by atoms with Crippen molar-refractivity contribution >= 4 is 5.91 Å². The highest BCUT2D eigenvalue weighted by atomic mass is 16.5. The standard InChI is InChI=1S/C16H21N5O2/c1-10-8-18-12(9-17-10)15(22)21-7-5-6-13(21)14-11(2)19-20(3)16(14)23-4/h8-9,13H,5-7H2,1-4H3/t13-/m0/s1. The number of hydrogen-bond donors (Lipinski definition) is 0. The van der Waals surface area contributed by atoms with E-state index < -0.39 is 0 Å². The summed E-state index contributed by atoms with van der Waals surface area (Å²) in [5, 5.41) is 4.43. The van der Waals surface area contributed by atoms with Gasteiger partial charge < -0.3 is 9.64 Å². The van der Waals surface area contributed by atoms with Crippen molar-refractivity contribution in [3.8, 4) is 5.88 Å². The molecule has 0 aromatic carbocycles. The lowest BCUT2D eigenvalue weighted by molar-refractivity contribution is 0.0727. The zero-order chi connectivity index (χ0) is 16.6. The van der Waals surface area contributed by atoms with Gasteiger partial charge in [0, 0.05) is 19.8 Å². The van der Waals surface area contributed by atoms with E-state index >= 15 is 0 Å². The molecule has 1 saturated heterocycles. The number of aromatic nitrogens is 4. The lowest BCUT2D eigenvalue weighted by atomic mass is 10.0. The van der Waals surface area contributed by atoms with Crippen LogP contribution in [0.15, 0.2) is 12.4 Å². The number of carbonyl (C=O) groups excluding carboxylic acids is 1. The van der Waals surface area contributed by atoms with Gasteiger partial charge in [-0.1, -0.05) is 0 Å². The third kappa shape index (κ3) is 2.67. The molecule has 0 aliphatic carbocycles. The smallest absolute Gasteiger partial charge is 0.274 e. The minimum atomic E-state index is -0.0923. The molecule has 7 nitrogen and oxygen atoms in total. The monoisotopic (exact) mass is 315 g/mol. The molecule has 1 aliphatic rings. The van der Waals surface area contributed by atoms with Gasteiger partial charge in [-0.2, -0.15) is 5.10 Å². The lowest BCUT2D eigenvalue weighted by Crippen LogP contribution is -2.31. The van der Waals surface area contributed by atoms with Crippen LogP contribution in [0.4, 0.5) is 0 Å². The first-order chi connectivity index (χ1) is 11.0. The number of hydrogen-bond acceptors (Lipinski definition) is 5. The van der Waals surface area contributed by atoms with Crippen LogP contribution in [-0.4, -0.2) is 44.2 Å². The van der Waals surface area contributed by atoms with Crippen molar-refractivity contribution in [1.29, 1.82) is 0 Å². The van der Waals surface area contributed by atoms with Crippen molar-refractivity contribution in [3.63, 3.8) is 0 Å². The molecule has 1 fully saturated rings. The van der Waals surface area contributed by atoms with Gasteiger partial charge in [-0.05, 0) is 26.7 Å². The highest BCUT2D eigenvalue weighted by Crippen LogP contribution is 2.39. The molecule has 3 rings (SSSR count). The van der Waals surface area contributed by atoms with Gasteiger partial charge in [0.15, 0.2) is 0 Å². The Labute approximate surface area is 135 Å². The molecule has 0 N–H and O–H groups in total. The van der Waals surface area contributed by atoms with Crippen molar-refractivity contribution in [2.75, 3.05) is 13.7 Å². The maximum absolute atomic E-state index is 12.8. The fraction of sp³-hybridized carbons (Fsp3) is 0.500. The van der Waals surface area contributed by atoms with Crippen LogP contribution in [-0.2, 0) is 7.05 Å². The van der Waals surface area contributed by atoms with Crippen LogP contribution in [0.5, 0.6) is 5.88 Å². The maximum Gasteiger partial charge on any atom is 0.274 e. The zero-order valence-corrected chi connectivity index (χ0v) is 13.9. The van der Waals surface area contributed by atoms with Gasteiger partial charge >= 0.3 is 0 Å². The molecule has 7 heteroatoms. The fourth-order valence-corrected chi connectivity index (χ4v) is 3.24. The van der Waals surface area contributed by atoms with E-state index in [0.29, 0.717) is 18.1 Å². The summed E-state index contributed by atoms with van der Waals surface area (Å²) < 4.78 is 7.21. The Hall–Kier alpha value is -2.44. The number of rotatable bonds is 3. The first-order valence-corrected chi connectivity index (χ1v) is 7.70. The number of carbonyl (C=O) groups is 1. The third-order valence-electron chi connectivity index (χ3n) is 4.25. The molecule has 122 valence electrons. The van der Waals surface area contributed by atoms with Crippen LogP contribution in [0.1, 0.15) is 46.3 Å². The molecular weight excluding hydrogens is 294 g/mol. The average molecular weight is 315 g/mol. The normalized spacial score (nSPS) is 17.6. The summed E-state index contributed by atoms with van der Waals surface area (Å²) in [6.45, 7) is 4.50. The zero-order valence-electron chi connectivity index (χ0n) is 13.9. The van der Waals surface area contributed by atoms with E-state index in [9.17, 15) is 4.79 Å². The summed E-state index contributed by atoms with van der Waals surface area (Å²) in [7, 11) is 3.48. The quantitative estimate of drug-likeness (QED) is 0.863. The molecule has 2 aromatic rings. The second kappa shape index (κ2) is 5.98. The molecule has 1 atom stereocenters. The summed E-state index contributed by atoms with van der Waals surface area (Å²) in [4.78, 5) is 23.1. The van der Waals surface area contributed by atoms with E-state index in [1.165, 1.54) is 0 Å². The van der Waals surface area contributed by atoms with Gasteiger partial charge in [-0.3, -0.25) is 9.78 Å². The summed E-state index contributed by atoms with van der Waals surface area (Å²) in [6.07, 6.45) is 5.01. The van der Waals surface area contributed by atoms with Crippen LogP contribution in [0.2, 0.25) is 0 Å². The number of likely N-dealkylation sites (tertiary alicyclic amines) is 1. The molecule has 0 radical (unpaired) electrons. The second-order valence-corrected chi connectivity index (χ2v) is 5.83. The van der Waals surface area contributed by atoms with Crippen LogP contribution in [0, 0.1) is 13.8 Å². The Kier molecular flexibility index (Phi) is 4.02. The summed E-state index contributed by atoms with van der Waals surface area (Å²) in [5.41, 5.74) is 3.05. The Morgan fingerprint density at radius 1 is 1.30 bits per heavy atom. The predicted octanol–water partition coefficient (Wildman–Crippen LogP) is 1.81. The number of aryl methyl sites for hydroxylation is 3. The number of methoxy groups -OCH3 is 1. The number of amides is 1. The Bertz CT molecular complexity index is 723. The largest absolute Gasteiger partial charge is 0.481 e. The molecule has 23 heavy (non-hydrogen) atoms. The van der Waals surface area contributed by atoms with Crippen molar-refractivity contribution in [3.05, 3.63) is 35.0 Å². The molecule has 2 aromatic heterocycles. The highest BCUT2D eigenvalue weighted by Gasteiger charge is 2.35. The summed E-state index contributed by atoms with van der Waals surface area (Å²) in [6, 6.07) is -0.0331.